The number of rotatable bonds is 6. The third-order valence-electron chi connectivity index (χ3n) is 3.08. The van der Waals surface area contributed by atoms with Crippen molar-refractivity contribution in [2.75, 3.05) is 7.11 Å². The van der Waals surface area contributed by atoms with E-state index >= 15 is 0 Å². The van der Waals surface area contributed by atoms with Gasteiger partial charge in [-0.2, -0.15) is 0 Å². The van der Waals surface area contributed by atoms with E-state index in [2.05, 4.69) is 0 Å². The average molecular weight is 302 g/mol. The van der Waals surface area contributed by atoms with Gasteiger partial charge in [-0.15, -0.1) is 0 Å². The standard InChI is InChI=1S/C16H14O6/c1-21-15-12(8-17)14(18)7-11(16(19)20)13(15)9-22-10-5-3-2-4-6-10/h2-8,18H,9H2,1H3,(H,19,20). The van der Waals surface area contributed by atoms with E-state index in [1.54, 1.807) is 24.3 Å². The maximum atomic E-state index is 11.3. The van der Waals surface area contributed by atoms with Crippen LogP contribution in [0, 0.1) is 0 Å². The molecule has 0 saturated carbocycles. The maximum Gasteiger partial charge on any atom is 0.336 e. The number of carbonyl (C=O) groups is 2. The fourth-order valence-electron chi connectivity index (χ4n) is 2.06. The van der Waals surface area contributed by atoms with Crippen LogP contribution in [0.1, 0.15) is 26.3 Å². The number of aromatic carboxylic acids is 1. The van der Waals surface area contributed by atoms with Gasteiger partial charge in [-0.25, -0.2) is 4.79 Å². The molecule has 2 rings (SSSR count). The zero-order valence-corrected chi connectivity index (χ0v) is 11.8. The van der Waals surface area contributed by atoms with E-state index in [-0.39, 0.29) is 29.0 Å². The van der Waals surface area contributed by atoms with Gasteiger partial charge in [-0.05, 0) is 18.2 Å². The summed E-state index contributed by atoms with van der Waals surface area (Å²) in [7, 11) is 1.29. The first-order chi connectivity index (χ1) is 10.6. The number of methoxy groups -OCH3 is 1. The Balaban J connectivity index is 2.47. The number of carbonyl (C=O) groups excluding carboxylic acids is 1. The van der Waals surface area contributed by atoms with Gasteiger partial charge in [0, 0.05) is 5.56 Å². The van der Waals surface area contributed by atoms with E-state index < -0.39 is 11.7 Å². The molecule has 2 N–H and O–H groups in total. The zero-order chi connectivity index (χ0) is 16.1. The van der Waals surface area contributed by atoms with Crippen molar-refractivity contribution in [3.63, 3.8) is 0 Å². The van der Waals surface area contributed by atoms with Crippen LogP contribution in [0.4, 0.5) is 0 Å². The van der Waals surface area contributed by atoms with Gasteiger partial charge in [0.1, 0.15) is 23.9 Å². The summed E-state index contributed by atoms with van der Waals surface area (Å²) in [4.78, 5) is 22.4. The van der Waals surface area contributed by atoms with E-state index in [1.807, 2.05) is 6.07 Å². The summed E-state index contributed by atoms with van der Waals surface area (Å²) in [5.41, 5.74) is -0.117. The molecule has 0 unspecified atom stereocenters. The summed E-state index contributed by atoms with van der Waals surface area (Å²) < 4.78 is 10.6. The lowest BCUT2D eigenvalue weighted by Crippen LogP contribution is -2.10. The molecular weight excluding hydrogens is 288 g/mol. The van der Waals surface area contributed by atoms with Gasteiger partial charge in [-0.1, -0.05) is 18.2 Å². The molecule has 0 bridgehead atoms. The van der Waals surface area contributed by atoms with Crippen molar-refractivity contribution in [2.45, 2.75) is 6.61 Å². The van der Waals surface area contributed by atoms with Crippen LogP contribution in [0.25, 0.3) is 0 Å². The Morgan fingerprint density at radius 1 is 1.27 bits per heavy atom. The first-order valence-corrected chi connectivity index (χ1v) is 6.37. The molecule has 0 aliphatic heterocycles. The maximum absolute atomic E-state index is 11.3. The molecule has 0 aromatic heterocycles. The van der Waals surface area contributed by atoms with Gasteiger partial charge in [0.15, 0.2) is 6.29 Å². The zero-order valence-electron chi connectivity index (χ0n) is 11.8. The van der Waals surface area contributed by atoms with Gasteiger partial charge in [0.05, 0.1) is 18.2 Å². The second-order valence-corrected chi connectivity index (χ2v) is 4.39. The summed E-state index contributed by atoms with van der Waals surface area (Å²) in [6, 6.07) is 9.82. The molecule has 0 aliphatic carbocycles. The van der Waals surface area contributed by atoms with E-state index in [9.17, 15) is 19.8 Å². The smallest absolute Gasteiger partial charge is 0.336 e. The topological polar surface area (TPSA) is 93.1 Å². The second kappa shape index (κ2) is 6.62. The SMILES string of the molecule is COc1c(C=O)c(O)cc(C(=O)O)c1COc1ccccc1. The Kier molecular flexibility index (Phi) is 4.63. The first-order valence-electron chi connectivity index (χ1n) is 6.37. The average Bonchev–Trinajstić information content (AvgIpc) is 2.53. The predicted octanol–water partition coefficient (Wildman–Crippen LogP) is 2.49. The summed E-state index contributed by atoms with van der Waals surface area (Å²) in [5.74, 6) is -1.17. The first kappa shape index (κ1) is 15.4. The summed E-state index contributed by atoms with van der Waals surface area (Å²) in [6.45, 7) is -0.115. The molecule has 0 saturated heterocycles. The van der Waals surface area contributed by atoms with Crippen molar-refractivity contribution in [1.29, 1.82) is 0 Å². The second-order valence-electron chi connectivity index (χ2n) is 4.39. The third-order valence-corrected chi connectivity index (χ3v) is 3.08. The number of phenolic OH excluding ortho intramolecular Hbond substituents is 1. The highest BCUT2D eigenvalue weighted by Crippen LogP contribution is 2.34. The van der Waals surface area contributed by atoms with Gasteiger partial charge < -0.3 is 19.7 Å². The fraction of sp³-hybridized carbons (Fsp3) is 0.125. The Hall–Kier alpha value is -3.02. The molecule has 0 fully saturated rings. The predicted molar refractivity (Wildman–Crippen MR) is 77.8 cm³/mol. The highest BCUT2D eigenvalue weighted by atomic mass is 16.5. The Morgan fingerprint density at radius 3 is 2.50 bits per heavy atom. The number of carboxylic acids is 1. The number of ether oxygens (including phenoxy) is 2. The summed E-state index contributed by atoms with van der Waals surface area (Å²) in [6.07, 6.45) is 0.409. The van der Waals surface area contributed by atoms with Crippen LogP contribution >= 0.6 is 0 Å². The van der Waals surface area contributed by atoms with Crippen molar-refractivity contribution in [3.8, 4) is 17.2 Å². The lowest BCUT2D eigenvalue weighted by molar-refractivity contribution is 0.0692. The molecule has 0 atom stereocenters. The number of hydrogen-bond acceptors (Lipinski definition) is 5. The fourth-order valence-corrected chi connectivity index (χ4v) is 2.06. The number of para-hydroxylation sites is 1. The minimum absolute atomic E-state index is 0.0108. The van der Waals surface area contributed by atoms with Crippen molar-refractivity contribution in [2.24, 2.45) is 0 Å². The normalized spacial score (nSPS) is 10.0. The Labute approximate surface area is 126 Å². The molecule has 6 nitrogen and oxygen atoms in total. The Morgan fingerprint density at radius 2 is 1.95 bits per heavy atom. The minimum atomic E-state index is -1.25. The van der Waals surface area contributed by atoms with E-state index in [0.29, 0.717) is 12.0 Å². The van der Waals surface area contributed by atoms with Crippen molar-refractivity contribution in [3.05, 3.63) is 53.1 Å². The van der Waals surface area contributed by atoms with Gasteiger partial charge in [-0.3, -0.25) is 4.79 Å². The van der Waals surface area contributed by atoms with E-state index in [1.165, 1.54) is 7.11 Å². The van der Waals surface area contributed by atoms with Crippen LogP contribution in [0.3, 0.4) is 0 Å². The quantitative estimate of drug-likeness (QED) is 0.796. The van der Waals surface area contributed by atoms with E-state index in [0.717, 1.165) is 6.07 Å². The molecule has 0 spiro atoms. The number of aromatic hydroxyl groups is 1. The van der Waals surface area contributed by atoms with Crippen LogP contribution in [0.2, 0.25) is 0 Å². The van der Waals surface area contributed by atoms with Crippen LogP contribution < -0.4 is 9.47 Å². The van der Waals surface area contributed by atoms with Crippen molar-refractivity contribution < 1.29 is 29.3 Å². The molecule has 0 aliphatic rings. The van der Waals surface area contributed by atoms with Crippen LogP contribution in [-0.4, -0.2) is 29.6 Å². The van der Waals surface area contributed by atoms with Crippen LogP contribution in [-0.2, 0) is 6.61 Å². The number of aldehydes is 1. The minimum Gasteiger partial charge on any atom is -0.507 e. The number of phenols is 1. The number of benzene rings is 2. The van der Waals surface area contributed by atoms with Gasteiger partial charge in [0.2, 0.25) is 0 Å². The summed E-state index contributed by atoms with van der Waals surface area (Å²) in [5, 5.41) is 19.0. The highest BCUT2D eigenvalue weighted by Gasteiger charge is 2.22. The van der Waals surface area contributed by atoms with Gasteiger partial charge >= 0.3 is 5.97 Å². The molecule has 2 aromatic carbocycles. The molecule has 0 amide bonds. The molecule has 2 aromatic rings. The van der Waals surface area contributed by atoms with Crippen molar-refractivity contribution >= 4 is 12.3 Å². The van der Waals surface area contributed by atoms with E-state index in [4.69, 9.17) is 9.47 Å². The molecule has 114 valence electrons. The highest BCUT2D eigenvalue weighted by molar-refractivity contribution is 5.95. The summed E-state index contributed by atoms with van der Waals surface area (Å²) >= 11 is 0. The van der Waals surface area contributed by atoms with Gasteiger partial charge in [0.25, 0.3) is 0 Å². The number of carboxylic acid groups (broad SMARTS) is 1. The van der Waals surface area contributed by atoms with Crippen LogP contribution in [0.15, 0.2) is 36.4 Å². The van der Waals surface area contributed by atoms with Crippen molar-refractivity contribution in [1.82, 2.24) is 0 Å². The molecular formula is C16H14O6. The monoisotopic (exact) mass is 302 g/mol. The largest absolute Gasteiger partial charge is 0.507 e. The lowest BCUT2D eigenvalue weighted by atomic mass is 10.0. The van der Waals surface area contributed by atoms with Crippen LogP contribution in [0.5, 0.6) is 17.2 Å². The lowest BCUT2D eigenvalue weighted by Gasteiger charge is -2.15. The molecule has 22 heavy (non-hydrogen) atoms. The number of hydrogen-bond donors (Lipinski definition) is 2. The third kappa shape index (κ3) is 3.01. The molecule has 6 heteroatoms. The molecule has 0 heterocycles. The Bertz CT molecular complexity index is 694. The molecule has 0 radical (unpaired) electrons.